The Morgan fingerprint density at radius 2 is 1.88 bits per heavy atom. The molecular formula is C26H28N4O4. The molecule has 3 aliphatic heterocycles. The van der Waals surface area contributed by atoms with Crippen LogP contribution >= 0.6 is 0 Å². The maximum Gasteiger partial charge on any atom is 0.255 e. The van der Waals surface area contributed by atoms with Gasteiger partial charge in [-0.25, -0.2) is 0 Å². The van der Waals surface area contributed by atoms with Crippen LogP contribution < -0.4 is 10.1 Å². The predicted molar refractivity (Wildman–Crippen MR) is 126 cm³/mol. The molecule has 3 amide bonds. The number of fused-ring (bicyclic) bond motifs is 1. The Morgan fingerprint density at radius 1 is 1.06 bits per heavy atom. The minimum Gasteiger partial charge on any atom is -0.491 e. The van der Waals surface area contributed by atoms with E-state index in [1.165, 1.54) is 0 Å². The number of carbonyl (C=O) groups is 3. The Labute approximate surface area is 198 Å². The zero-order chi connectivity index (χ0) is 23.7. The first-order valence-corrected chi connectivity index (χ1v) is 11.8. The molecule has 0 bridgehead atoms. The van der Waals surface area contributed by atoms with Crippen LogP contribution in [0.1, 0.15) is 53.6 Å². The van der Waals surface area contributed by atoms with Crippen molar-refractivity contribution in [1.29, 1.82) is 5.41 Å². The van der Waals surface area contributed by atoms with Crippen molar-refractivity contribution < 1.29 is 19.1 Å². The van der Waals surface area contributed by atoms with Gasteiger partial charge in [-0.15, -0.1) is 0 Å². The molecule has 34 heavy (non-hydrogen) atoms. The van der Waals surface area contributed by atoms with E-state index in [1.54, 1.807) is 17.0 Å². The Kier molecular flexibility index (Phi) is 6.04. The van der Waals surface area contributed by atoms with Gasteiger partial charge >= 0.3 is 0 Å². The zero-order valence-corrected chi connectivity index (χ0v) is 19.0. The number of rotatable bonds is 5. The standard InChI is InChI=1S/C26H28N4O4/c27-24(17-6-2-1-3-7-17)29-13-5-4-8-19(29)16-34-20-9-10-21-18(14-20)15-30(26(21)33)22-11-12-23(31)28-25(22)32/h1-3,6-7,9-10,14,19,22,27H,4-5,8,11-13,15-16H2,(H,28,31,32)/t19-,22?/m1/s1. The SMILES string of the molecule is N=C(c1ccccc1)N1CCCC[C@@H]1COc1ccc2c(c1)CN(C1CCC(=O)NC1=O)C2=O. The number of ether oxygens (including phenoxy) is 1. The van der Waals surface area contributed by atoms with Gasteiger partial charge in [-0.1, -0.05) is 30.3 Å². The van der Waals surface area contributed by atoms with E-state index in [-0.39, 0.29) is 24.3 Å². The third kappa shape index (κ3) is 4.27. The number of nitrogens with zero attached hydrogens (tertiary/aromatic N) is 2. The molecular weight excluding hydrogens is 432 g/mol. The van der Waals surface area contributed by atoms with E-state index >= 15 is 0 Å². The van der Waals surface area contributed by atoms with E-state index in [0.717, 1.165) is 36.9 Å². The number of amidine groups is 1. The lowest BCUT2D eigenvalue weighted by molar-refractivity contribution is -0.136. The highest BCUT2D eigenvalue weighted by molar-refractivity contribution is 6.05. The molecule has 2 aromatic carbocycles. The summed E-state index contributed by atoms with van der Waals surface area (Å²) in [7, 11) is 0. The van der Waals surface area contributed by atoms with E-state index in [4.69, 9.17) is 10.1 Å². The Hall–Kier alpha value is -3.68. The van der Waals surface area contributed by atoms with Crippen molar-refractivity contribution in [1.82, 2.24) is 15.1 Å². The van der Waals surface area contributed by atoms with E-state index in [9.17, 15) is 14.4 Å². The first kappa shape index (κ1) is 22.1. The topological polar surface area (TPSA) is 103 Å². The van der Waals surface area contributed by atoms with Gasteiger partial charge in [0.25, 0.3) is 5.91 Å². The van der Waals surface area contributed by atoms with Crippen molar-refractivity contribution in [3.8, 4) is 5.75 Å². The molecule has 8 heteroatoms. The lowest BCUT2D eigenvalue weighted by atomic mass is 10.0. The van der Waals surface area contributed by atoms with Crippen molar-refractivity contribution in [3.05, 3.63) is 65.2 Å². The molecule has 3 aliphatic rings. The lowest BCUT2D eigenvalue weighted by Crippen LogP contribution is -2.52. The summed E-state index contributed by atoms with van der Waals surface area (Å²) in [6.45, 7) is 1.62. The fourth-order valence-corrected chi connectivity index (χ4v) is 5.06. The van der Waals surface area contributed by atoms with E-state index in [2.05, 4.69) is 10.2 Å². The molecule has 0 saturated carbocycles. The van der Waals surface area contributed by atoms with Gasteiger partial charge in [0.05, 0.1) is 6.04 Å². The van der Waals surface area contributed by atoms with Gasteiger partial charge in [-0.05, 0) is 49.4 Å². The predicted octanol–water partition coefficient (Wildman–Crippen LogP) is 2.71. The van der Waals surface area contributed by atoms with Crippen LogP contribution in [0.25, 0.3) is 0 Å². The molecule has 2 atom stereocenters. The van der Waals surface area contributed by atoms with Gasteiger partial charge in [-0.3, -0.25) is 25.1 Å². The highest BCUT2D eigenvalue weighted by Gasteiger charge is 2.39. The molecule has 0 aliphatic carbocycles. The Bertz CT molecular complexity index is 1130. The number of imide groups is 1. The number of hydrogen-bond acceptors (Lipinski definition) is 5. The molecule has 0 spiro atoms. The van der Waals surface area contributed by atoms with Gasteiger partial charge in [0.1, 0.15) is 24.2 Å². The zero-order valence-electron chi connectivity index (χ0n) is 19.0. The number of hydrogen-bond donors (Lipinski definition) is 2. The van der Waals surface area contributed by atoms with Crippen LogP contribution in [0.3, 0.4) is 0 Å². The van der Waals surface area contributed by atoms with Crippen LogP contribution in [0.5, 0.6) is 5.75 Å². The van der Waals surface area contributed by atoms with Crippen molar-refractivity contribution >= 4 is 23.6 Å². The average molecular weight is 461 g/mol. The molecule has 3 heterocycles. The summed E-state index contributed by atoms with van der Waals surface area (Å²) in [6, 6.07) is 14.7. The number of amides is 3. The largest absolute Gasteiger partial charge is 0.491 e. The van der Waals surface area contributed by atoms with Gasteiger partial charge in [0, 0.05) is 30.6 Å². The fourth-order valence-electron chi connectivity index (χ4n) is 5.06. The summed E-state index contributed by atoms with van der Waals surface area (Å²) >= 11 is 0. The van der Waals surface area contributed by atoms with E-state index < -0.39 is 11.9 Å². The molecule has 2 saturated heterocycles. The average Bonchev–Trinajstić information content (AvgIpc) is 3.18. The normalized spacial score (nSPS) is 22.4. The van der Waals surface area contributed by atoms with Gasteiger partial charge < -0.3 is 14.5 Å². The van der Waals surface area contributed by atoms with Crippen LogP contribution in [0.2, 0.25) is 0 Å². The Balaban J connectivity index is 1.25. The summed E-state index contributed by atoms with van der Waals surface area (Å²) in [6.07, 6.45) is 3.70. The number of benzene rings is 2. The first-order valence-electron chi connectivity index (χ1n) is 11.8. The minimum atomic E-state index is -0.623. The molecule has 2 fully saturated rings. The molecule has 2 aromatic rings. The second kappa shape index (κ2) is 9.29. The van der Waals surface area contributed by atoms with Crippen LogP contribution in [0, 0.1) is 5.41 Å². The molecule has 8 nitrogen and oxygen atoms in total. The third-order valence-electron chi connectivity index (χ3n) is 6.90. The van der Waals surface area contributed by atoms with Gasteiger partial charge in [-0.2, -0.15) is 0 Å². The summed E-state index contributed by atoms with van der Waals surface area (Å²) in [5.41, 5.74) is 2.30. The molecule has 0 radical (unpaired) electrons. The summed E-state index contributed by atoms with van der Waals surface area (Å²) in [4.78, 5) is 40.3. The van der Waals surface area contributed by atoms with E-state index in [0.29, 0.717) is 36.7 Å². The van der Waals surface area contributed by atoms with Crippen LogP contribution in [0.4, 0.5) is 0 Å². The monoisotopic (exact) mass is 460 g/mol. The highest BCUT2D eigenvalue weighted by atomic mass is 16.5. The smallest absolute Gasteiger partial charge is 0.255 e. The molecule has 2 N–H and O–H groups in total. The van der Waals surface area contributed by atoms with Crippen LogP contribution in [0.15, 0.2) is 48.5 Å². The maximum absolute atomic E-state index is 12.9. The molecule has 0 aromatic heterocycles. The van der Waals surface area contributed by atoms with Crippen LogP contribution in [-0.4, -0.2) is 58.6 Å². The van der Waals surface area contributed by atoms with Crippen molar-refractivity contribution in [2.45, 2.75) is 50.7 Å². The maximum atomic E-state index is 12.9. The third-order valence-corrected chi connectivity index (χ3v) is 6.90. The van der Waals surface area contributed by atoms with Crippen molar-refractivity contribution in [2.75, 3.05) is 13.2 Å². The number of carbonyl (C=O) groups excluding carboxylic acids is 3. The fraction of sp³-hybridized carbons (Fsp3) is 0.385. The first-order chi connectivity index (χ1) is 16.5. The Morgan fingerprint density at radius 3 is 2.68 bits per heavy atom. The second-order valence-corrected chi connectivity index (χ2v) is 9.09. The van der Waals surface area contributed by atoms with Crippen molar-refractivity contribution in [2.24, 2.45) is 0 Å². The summed E-state index contributed by atoms with van der Waals surface area (Å²) in [5.74, 6) is 0.304. The van der Waals surface area contributed by atoms with Crippen molar-refractivity contribution in [3.63, 3.8) is 0 Å². The van der Waals surface area contributed by atoms with Crippen LogP contribution in [-0.2, 0) is 16.1 Å². The minimum absolute atomic E-state index is 0.108. The number of nitrogens with one attached hydrogen (secondary N) is 2. The summed E-state index contributed by atoms with van der Waals surface area (Å²) in [5, 5.41) is 11.0. The lowest BCUT2D eigenvalue weighted by Gasteiger charge is -2.37. The summed E-state index contributed by atoms with van der Waals surface area (Å²) < 4.78 is 6.15. The number of piperidine rings is 2. The second-order valence-electron chi connectivity index (χ2n) is 9.09. The quantitative estimate of drug-likeness (QED) is 0.406. The van der Waals surface area contributed by atoms with Gasteiger partial charge in [0.15, 0.2) is 0 Å². The molecule has 1 unspecified atom stereocenters. The highest BCUT2D eigenvalue weighted by Crippen LogP contribution is 2.30. The van der Waals surface area contributed by atoms with E-state index in [1.807, 2.05) is 36.4 Å². The molecule has 5 rings (SSSR count). The van der Waals surface area contributed by atoms with Gasteiger partial charge in [0.2, 0.25) is 11.8 Å². The molecule has 176 valence electrons. The number of likely N-dealkylation sites (tertiary alicyclic amines) is 1.